The molecule has 0 heterocycles. The van der Waals surface area contributed by atoms with Crippen molar-refractivity contribution in [3.63, 3.8) is 0 Å². The van der Waals surface area contributed by atoms with Crippen LogP contribution in [-0.4, -0.2) is 66.3 Å². The number of benzene rings is 4. The molecule has 248 valence electrons. The van der Waals surface area contributed by atoms with E-state index in [1.165, 1.54) is 0 Å². The molecule has 9 heteroatoms. The molecule has 0 saturated carbocycles. The van der Waals surface area contributed by atoms with Gasteiger partial charge in [0.25, 0.3) is 0 Å². The molecule has 0 aromatic heterocycles. The number of nitrogens with one attached hydrogen (secondary N) is 3. The quantitative estimate of drug-likeness (QED) is 0.139. The minimum Gasteiger partial charge on any atom is -0.480 e. The molecule has 0 aliphatic heterocycles. The summed E-state index contributed by atoms with van der Waals surface area (Å²) in [5, 5.41) is 32.5. The summed E-state index contributed by atoms with van der Waals surface area (Å²) in [7, 11) is 3.87. The molecule has 0 radical (unpaired) electrons. The zero-order valence-corrected chi connectivity index (χ0v) is 27.7. The summed E-state index contributed by atoms with van der Waals surface area (Å²) >= 11 is 0. The predicted octanol–water partition coefficient (Wildman–Crippen LogP) is 4.31. The Kier molecular flexibility index (Phi) is 11.7. The zero-order chi connectivity index (χ0) is 34.1. The Balaban J connectivity index is 1.53. The summed E-state index contributed by atoms with van der Waals surface area (Å²) < 4.78 is 0. The van der Waals surface area contributed by atoms with E-state index in [2.05, 4.69) is 16.0 Å². The number of aliphatic hydroxyl groups is 1. The Morgan fingerprint density at radius 2 is 1.43 bits per heavy atom. The first kappa shape index (κ1) is 35.1. The van der Waals surface area contributed by atoms with Crippen LogP contribution < -0.4 is 20.9 Å². The number of fused-ring (bicyclic) bond motifs is 1. The van der Waals surface area contributed by atoms with Gasteiger partial charge in [-0.2, -0.15) is 0 Å². The lowest BCUT2D eigenvalue weighted by molar-refractivity contribution is -0.144. The van der Waals surface area contributed by atoms with Gasteiger partial charge in [-0.15, -0.1) is 0 Å². The zero-order valence-electron chi connectivity index (χ0n) is 27.7. The van der Waals surface area contributed by atoms with Gasteiger partial charge >= 0.3 is 5.97 Å². The minimum atomic E-state index is -1.50. The highest BCUT2D eigenvalue weighted by molar-refractivity contribution is 5.93. The number of hydrogen-bond donors (Lipinski definition) is 5. The van der Waals surface area contributed by atoms with Gasteiger partial charge in [-0.3, -0.25) is 19.7 Å². The molecule has 0 aliphatic rings. The van der Waals surface area contributed by atoms with Gasteiger partial charge in [-0.25, -0.2) is 0 Å². The molecule has 4 aromatic rings. The van der Waals surface area contributed by atoms with E-state index in [9.17, 15) is 24.6 Å². The second kappa shape index (κ2) is 15.7. The SMILES string of the molecule is CN(C)c1ccc(CN[C@@H](C(=O)O)[C@H](O)[C@H](Cc2ccccc2)NC(=O)[C@@H](NC(=O)Cc2cccc3ccccc23)C(C)(C)C)cc1. The Bertz CT molecular complexity index is 1650. The highest BCUT2D eigenvalue weighted by atomic mass is 16.4. The van der Waals surface area contributed by atoms with Crippen LogP contribution in [0.25, 0.3) is 10.8 Å². The summed E-state index contributed by atoms with van der Waals surface area (Å²) in [6, 6.07) is 27.2. The maximum Gasteiger partial charge on any atom is 0.323 e. The second-order valence-corrected chi connectivity index (χ2v) is 13.2. The number of carboxylic acid groups (broad SMARTS) is 1. The Labute approximate surface area is 277 Å². The summed E-state index contributed by atoms with van der Waals surface area (Å²) in [5.74, 6) is -2.07. The van der Waals surface area contributed by atoms with E-state index in [-0.39, 0.29) is 25.3 Å². The largest absolute Gasteiger partial charge is 0.480 e. The van der Waals surface area contributed by atoms with Gasteiger partial charge in [0, 0.05) is 26.3 Å². The first-order valence-corrected chi connectivity index (χ1v) is 15.8. The third-order valence-electron chi connectivity index (χ3n) is 8.29. The molecule has 0 aliphatic carbocycles. The standard InChI is InChI=1S/C38H46N4O5/c1-38(2,3)35(41-32(43)23-28-16-11-15-27-14-9-10-17-30(27)28)36(45)40-31(22-25-12-7-6-8-13-25)34(44)33(37(46)47)39-24-26-18-20-29(21-19-26)42(4)5/h6-21,31,33-35,39,44H,22-24H2,1-5H3,(H,40,45)(H,41,43)(H,46,47)/t31-,33+,34+,35+/m0/s1. The van der Waals surface area contributed by atoms with Crippen molar-refractivity contribution in [1.82, 2.24) is 16.0 Å². The normalized spacial score (nSPS) is 14.1. The minimum absolute atomic E-state index is 0.0812. The molecule has 5 N–H and O–H groups in total. The van der Waals surface area contributed by atoms with Crippen LogP contribution in [-0.2, 0) is 33.8 Å². The van der Waals surface area contributed by atoms with Crippen molar-refractivity contribution in [3.8, 4) is 0 Å². The highest BCUT2D eigenvalue weighted by Gasteiger charge is 2.38. The van der Waals surface area contributed by atoms with E-state index in [0.29, 0.717) is 0 Å². The lowest BCUT2D eigenvalue weighted by atomic mass is 9.85. The number of carboxylic acids is 1. The molecule has 9 nitrogen and oxygen atoms in total. The van der Waals surface area contributed by atoms with E-state index in [0.717, 1.165) is 33.2 Å². The molecule has 2 amide bonds. The van der Waals surface area contributed by atoms with Crippen LogP contribution in [0.4, 0.5) is 5.69 Å². The lowest BCUT2D eigenvalue weighted by Gasteiger charge is -2.34. The fourth-order valence-corrected chi connectivity index (χ4v) is 5.62. The van der Waals surface area contributed by atoms with Gasteiger partial charge < -0.3 is 25.7 Å². The van der Waals surface area contributed by atoms with Crippen LogP contribution in [0.5, 0.6) is 0 Å². The predicted molar refractivity (Wildman–Crippen MR) is 186 cm³/mol. The number of aliphatic carboxylic acids is 1. The molecule has 0 unspecified atom stereocenters. The van der Waals surface area contributed by atoms with Gasteiger partial charge in [0.2, 0.25) is 11.8 Å². The molecule has 0 saturated heterocycles. The van der Waals surface area contributed by atoms with Crippen LogP contribution in [0.3, 0.4) is 0 Å². The summed E-state index contributed by atoms with van der Waals surface area (Å²) in [6.07, 6.45) is -1.24. The lowest BCUT2D eigenvalue weighted by Crippen LogP contribution is -2.61. The van der Waals surface area contributed by atoms with Crippen molar-refractivity contribution in [2.75, 3.05) is 19.0 Å². The molecule has 0 spiro atoms. The number of carbonyl (C=O) groups is 3. The van der Waals surface area contributed by atoms with Crippen molar-refractivity contribution in [2.24, 2.45) is 5.41 Å². The van der Waals surface area contributed by atoms with E-state index in [4.69, 9.17) is 0 Å². The van der Waals surface area contributed by atoms with Crippen LogP contribution >= 0.6 is 0 Å². The number of nitrogens with zero attached hydrogens (tertiary/aromatic N) is 1. The maximum atomic E-state index is 13.9. The van der Waals surface area contributed by atoms with Gasteiger partial charge in [0.1, 0.15) is 18.2 Å². The Morgan fingerprint density at radius 1 is 0.787 bits per heavy atom. The van der Waals surface area contributed by atoms with Crippen LogP contribution in [0.1, 0.15) is 37.5 Å². The monoisotopic (exact) mass is 638 g/mol. The second-order valence-electron chi connectivity index (χ2n) is 13.2. The average molecular weight is 639 g/mol. The first-order chi connectivity index (χ1) is 22.3. The summed E-state index contributed by atoms with van der Waals surface area (Å²) in [4.78, 5) is 41.7. The van der Waals surface area contributed by atoms with Gasteiger partial charge in [-0.05, 0) is 51.4 Å². The maximum absolute atomic E-state index is 13.9. The number of amides is 2. The third-order valence-corrected chi connectivity index (χ3v) is 8.29. The number of hydrogen-bond acceptors (Lipinski definition) is 6. The fraction of sp³-hybridized carbons (Fsp3) is 0.342. The van der Waals surface area contributed by atoms with Gasteiger partial charge in [-0.1, -0.05) is 106 Å². The van der Waals surface area contributed by atoms with Gasteiger partial charge in [0.05, 0.1) is 12.5 Å². The highest BCUT2D eigenvalue weighted by Crippen LogP contribution is 2.23. The van der Waals surface area contributed by atoms with Crippen molar-refractivity contribution >= 4 is 34.2 Å². The van der Waals surface area contributed by atoms with E-state index in [1.54, 1.807) is 0 Å². The van der Waals surface area contributed by atoms with Crippen molar-refractivity contribution < 1.29 is 24.6 Å². The molecule has 47 heavy (non-hydrogen) atoms. The molecule has 4 rings (SSSR count). The third kappa shape index (κ3) is 9.64. The van der Waals surface area contributed by atoms with Gasteiger partial charge in [0.15, 0.2) is 0 Å². The topological polar surface area (TPSA) is 131 Å². The molecular formula is C38H46N4O5. The Morgan fingerprint density at radius 3 is 2.06 bits per heavy atom. The molecule has 0 fully saturated rings. The number of rotatable bonds is 14. The van der Waals surface area contributed by atoms with E-state index in [1.807, 2.05) is 137 Å². The molecule has 4 atom stereocenters. The first-order valence-electron chi connectivity index (χ1n) is 15.8. The van der Waals surface area contributed by atoms with Crippen LogP contribution in [0.15, 0.2) is 97.1 Å². The summed E-state index contributed by atoms with van der Waals surface area (Å²) in [6.45, 7) is 5.74. The number of carbonyl (C=O) groups excluding carboxylic acids is 2. The summed E-state index contributed by atoms with van der Waals surface area (Å²) in [5.41, 5.74) is 2.82. The number of aliphatic hydroxyl groups excluding tert-OH is 1. The molecular weight excluding hydrogens is 592 g/mol. The van der Waals surface area contributed by atoms with Crippen molar-refractivity contribution in [2.45, 2.75) is 64.4 Å². The van der Waals surface area contributed by atoms with E-state index < -0.39 is 41.5 Å². The van der Waals surface area contributed by atoms with Crippen LogP contribution in [0.2, 0.25) is 0 Å². The Hall–Kier alpha value is -4.73. The number of anilines is 1. The molecule has 0 bridgehead atoms. The van der Waals surface area contributed by atoms with Crippen LogP contribution in [0, 0.1) is 5.41 Å². The van der Waals surface area contributed by atoms with E-state index >= 15 is 0 Å². The van der Waals surface area contributed by atoms with Crippen molar-refractivity contribution in [3.05, 3.63) is 114 Å². The average Bonchev–Trinajstić information content (AvgIpc) is 3.03. The smallest absolute Gasteiger partial charge is 0.323 e. The van der Waals surface area contributed by atoms with Crippen molar-refractivity contribution in [1.29, 1.82) is 0 Å². The fourth-order valence-electron chi connectivity index (χ4n) is 5.62. The molecule has 4 aromatic carbocycles.